The first-order chi connectivity index (χ1) is 14.0. The highest BCUT2D eigenvalue weighted by molar-refractivity contribution is 6.35. The van der Waals surface area contributed by atoms with Crippen LogP contribution >= 0.6 is 11.6 Å². The maximum Gasteiger partial charge on any atom is 0.329 e. The average Bonchev–Trinajstić information content (AvgIpc) is 2.64. The van der Waals surface area contributed by atoms with Gasteiger partial charge in [-0.15, -0.1) is 10.2 Å². The van der Waals surface area contributed by atoms with Crippen LogP contribution in [0.5, 0.6) is 0 Å². The van der Waals surface area contributed by atoms with Crippen molar-refractivity contribution in [2.24, 2.45) is 10.2 Å². The standard InChI is InChI=1S/C12H4ClN7O10/c13-10-8(18(25)26)4-9(19(27)28)11(12(10)20(29)30)15-14-6-2-1-5(16(21)22)3-7(6)17(23)24/h1-4H. The number of halogens is 1. The second-order valence-corrected chi connectivity index (χ2v) is 5.46. The monoisotopic (exact) mass is 441 g/mol. The van der Waals surface area contributed by atoms with E-state index in [9.17, 15) is 50.6 Å². The predicted octanol–water partition coefficient (Wildman–Crippen LogP) is 4.30. The molecular weight excluding hydrogens is 438 g/mol. The van der Waals surface area contributed by atoms with Gasteiger partial charge in [0.05, 0.1) is 36.7 Å². The van der Waals surface area contributed by atoms with Crippen molar-refractivity contribution < 1.29 is 24.6 Å². The van der Waals surface area contributed by atoms with E-state index in [4.69, 9.17) is 11.6 Å². The molecule has 0 aliphatic carbocycles. The summed E-state index contributed by atoms with van der Waals surface area (Å²) in [5.74, 6) is 0. The summed E-state index contributed by atoms with van der Waals surface area (Å²) < 4.78 is 0. The lowest BCUT2D eigenvalue weighted by atomic mass is 10.2. The van der Waals surface area contributed by atoms with Gasteiger partial charge >= 0.3 is 22.7 Å². The molecule has 30 heavy (non-hydrogen) atoms. The Morgan fingerprint density at radius 2 is 1.23 bits per heavy atom. The molecule has 0 aliphatic heterocycles. The topological polar surface area (TPSA) is 240 Å². The van der Waals surface area contributed by atoms with Crippen LogP contribution in [0, 0.1) is 50.6 Å². The summed E-state index contributed by atoms with van der Waals surface area (Å²) >= 11 is 5.61. The molecule has 2 rings (SSSR count). The number of rotatable bonds is 7. The summed E-state index contributed by atoms with van der Waals surface area (Å²) in [5, 5.41) is 60.8. The molecule has 0 amide bonds. The summed E-state index contributed by atoms with van der Waals surface area (Å²) in [5.41, 5.74) is -7.04. The Labute approximate surface area is 167 Å². The van der Waals surface area contributed by atoms with Crippen molar-refractivity contribution in [2.75, 3.05) is 0 Å². The van der Waals surface area contributed by atoms with Crippen LogP contribution in [-0.2, 0) is 0 Å². The maximum absolute atomic E-state index is 11.3. The molecule has 18 heteroatoms. The molecule has 0 N–H and O–H groups in total. The number of hydrogen-bond acceptors (Lipinski definition) is 12. The number of nitro benzene ring substituents is 5. The van der Waals surface area contributed by atoms with E-state index >= 15 is 0 Å². The van der Waals surface area contributed by atoms with Gasteiger partial charge in [-0.05, 0) is 6.07 Å². The van der Waals surface area contributed by atoms with Crippen LogP contribution < -0.4 is 0 Å². The molecule has 0 spiro atoms. The molecule has 0 aromatic heterocycles. The summed E-state index contributed by atoms with van der Waals surface area (Å²) in [7, 11) is 0. The second-order valence-electron chi connectivity index (χ2n) is 5.08. The quantitative estimate of drug-likeness (QED) is 0.334. The van der Waals surface area contributed by atoms with Crippen molar-refractivity contribution in [3.05, 3.63) is 79.9 Å². The Balaban J connectivity index is 2.78. The fourth-order valence-corrected chi connectivity index (χ4v) is 2.39. The van der Waals surface area contributed by atoms with Gasteiger partial charge in [0.2, 0.25) is 5.69 Å². The Bertz CT molecular complexity index is 1160. The fraction of sp³-hybridized carbons (Fsp3) is 0. The first kappa shape index (κ1) is 21.6. The molecule has 0 bridgehead atoms. The Morgan fingerprint density at radius 3 is 1.70 bits per heavy atom. The van der Waals surface area contributed by atoms with Crippen molar-refractivity contribution in [2.45, 2.75) is 0 Å². The van der Waals surface area contributed by atoms with Crippen molar-refractivity contribution in [1.29, 1.82) is 0 Å². The summed E-state index contributed by atoms with van der Waals surface area (Å²) in [6.45, 7) is 0. The molecule has 2 aromatic carbocycles. The third kappa shape index (κ3) is 4.09. The highest BCUT2D eigenvalue weighted by Gasteiger charge is 2.36. The van der Waals surface area contributed by atoms with Gasteiger partial charge in [0.15, 0.2) is 10.7 Å². The van der Waals surface area contributed by atoms with Crippen molar-refractivity contribution >= 4 is 51.4 Å². The van der Waals surface area contributed by atoms with Crippen molar-refractivity contribution in [3.8, 4) is 0 Å². The van der Waals surface area contributed by atoms with Crippen LogP contribution in [-0.4, -0.2) is 24.6 Å². The van der Waals surface area contributed by atoms with E-state index in [0.29, 0.717) is 12.1 Å². The molecule has 154 valence electrons. The Hall–Kier alpha value is -4.67. The van der Waals surface area contributed by atoms with Gasteiger partial charge in [-0.2, -0.15) is 0 Å². The van der Waals surface area contributed by atoms with Crippen molar-refractivity contribution in [1.82, 2.24) is 0 Å². The van der Waals surface area contributed by atoms with Crippen LogP contribution in [0.25, 0.3) is 0 Å². The van der Waals surface area contributed by atoms with E-state index < -0.39 is 69.5 Å². The fourth-order valence-electron chi connectivity index (χ4n) is 2.11. The van der Waals surface area contributed by atoms with Gasteiger partial charge in [-0.1, -0.05) is 11.6 Å². The van der Waals surface area contributed by atoms with Gasteiger partial charge in [0.25, 0.3) is 5.69 Å². The molecule has 17 nitrogen and oxygen atoms in total. The minimum absolute atomic E-state index is 0.313. The summed E-state index contributed by atoms with van der Waals surface area (Å²) in [6, 6.07) is 2.44. The molecular formula is C12H4ClN7O10. The number of benzene rings is 2. The zero-order valence-electron chi connectivity index (χ0n) is 13.9. The van der Waals surface area contributed by atoms with Crippen LogP contribution in [0.3, 0.4) is 0 Å². The molecule has 0 atom stereocenters. The maximum atomic E-state index is 11.3. The molecule has 0 unspecified atom stereocenters. The highest BCUT2D eigenvalue weighted by Crippen LogP contribution is 2.48. The van der Waals surface area contributed by atoms with Crippen LogP contribution in [0.2, 0.25) is 5.02 Å². The second kappa shape index (κ2) is 8.14. The van der Waals surface area contributed by atoms with Gasteiger partial charge < -0.3 is 0 Å². The minimum atomic E-state index is -1.33. The summed E-state index contributed by atoms with van der Waals surface area (Å²) in [6.07, 6.45) is 0. The normalized spacial score (nSPS) is 10.7. The number of nitrogens with zero attached hydrogens (tertiary/aromatic N) is 7. The van der Waals surface area contributed by atoms with Crippen LogP contribution in [0.15, 0.2) is 34.5 Å². The van der Waals surface area contributed by atoms with Crippen LogP contribution in [0.1, 0.15) is 0 Å². The molecule has 2 aromatic rings. The molecule has 0 heterocycles. The first-order valence-corrected chi connectivity index (χ1v) is 7.47. The largest absolute Gasteiger partial charge is 0.329 e. The molecule has 0 radical (unpaired) electrons. The van der Waals surface area contributed by atoms with E-state index in [0.717, 1.165) is 12.1 Å². The lowest BCUT2D eigenvalue weighted by molar-refractivity contribution is -0.401. The number of hydrogen-bond donors (Lipinski definition) is 0. The molecule has 0 saturated carbocycles. The zero-order chi connectivity index (χ0) is 22.7. The minimum Gasteiger partial charge on any atom is -0.258 e. The molecule has 0 fully saturated rings. The smallest absolute Gasteiger partial charge is 0.258 e. The van der Waals surface area contributed by atoms with Gasteiger partial charge in [0, 0.05) is 6.07 Å². The van der Waals surface area contributed by atoms with E-state index in [-0.39, 0.29) is 0 Å². The lowest BCUT2D eigenvalue weighted by Crippen LogP contribution is -1.99. The predicted molar refractivity (Wildman–Crippen MR) is 95.3 cm³/mol. The summed E-state index contributed by atoms with van der Waals surface area (Å²) in [4.78, 5) is 49.6. The number of non-ortho nitro benzene ring substituents is 1. The number of azo groups is 1. The van der Waals surface area contributed by atoms with Gasteiger partial charge in [-0.25, -0.2) is 0 Å². The zero-order valence-corrected chi connectivity index (χ0v) is 14.7. The average molecular weight is 442 g/mol. The van der Waals surface area contributed by atoms with Gasteiger partial charge in [0.1, 0.15) is 0 Å². The Kier molecular flexibility index (Phi) is 5.87. The SMILES string of the molecule is O=[N+]([O-])c1ccc(N=Nc2c([N+](=O)[O-])cc([N+](=O)[O-])c(Cl)c2[N+](=O)[O-])c([N+](=O)[O-])c1. The van der Waals surface area contributed by atoms with Crippen molar-refractivity contribution in [3.63, 3.8) is 0 Å². The van der Waals surface area contributed by atoms with E-state index in [1.165, 1.54) is 0 Å². The highest BCUT2D eigenvalue weighted by atomic mass is 35.5. The lowest BCUT2D eigenvalue weighted by Gasteiger charge is -2.02. The van der Waals surface area contributed by atoms with Crippen LogP contribution in [0.4, 0.5) is 39.8 Å². The van der Waals surface area contributed by atoms with E-state index in [2.05, 4.69) is 10.2 Å². The molecule has 0 saturated heterocycles. The molecule has 0 aliphatic rings. The Morgan fingerprint density at radius 1 is 0.667 bits per heavy atom. The number of nitro groups is 5. The first-order valence-electron chi connectivity index (χ1n) is 7.10. The third-order valence-electron chi connectivity index (χ3n) is 3.37. The van der Waals surface area contributed by atoms with E-state index in [1.807, 2.05) is 0 Å². The van der Waals surface area contributed by atoms with E-state index in [1.54, 1.807) is 0 Å². The third-order valence-corrected chi connectivity index (χ3v) is 3.75. The van der Waals surface area contributed by atoms with Gasteiger partial charge in [-0.3, -0.25) is 50.6 Å².